The van der Waals surface area contributed by atoms with Crippen molar-refractivity contribution in [2.75, 3.05) is 26.2 Å². The molecule has 0 aromatic rings. The second kappa shape index (κ2) is 3.15. The number of ether oxygens (including phenoxy) is 1. The molecule has 5 heteroatoms. The lowest BCUT2D eigenvalue weighted by atomic mass is 10.2. The fourth-order valence-electron chi connectivity index (χ4n) is 2.03. The van der Waals surface area contributed by atoms with Gasteiger partial charge in [0.05, 0.1) is 25.8 Å². The molecule has 0 unspecified atom stereocenters. The average molecular weight is 192 g/mol. The summed E-state index contributed by atoms with van der Waals surface area (Å²) in [5.41, 5.74) is 4.97. The van der Waals surface area contributed by atoms with Crippen molar-refractivity contribution in [2.45, 2.75) is 24.5 Å². The Morgan fingerprint density at radius 2 is 2.31 bits per heavy atom. The Hall–Kier alpha value is -0.260. The number of hydrogen-bond acceptors (Lipinski definition) is 3. The Balaban J connectivity index is 1.89. The Morgan fingerprint density at radius 3 is 2.77 bits per heavy atom. The number of hydrogen-bond donors (Lipinski definition) is 1. The molecule has 0 aliphatic carbocycles. The first-order valence-corrected chi connectivity index (χ1v) is 4.54. The van der Waals surface area contributed by atoms with E-state index in [2.05, 4.69) is 0 Å². The molecule has 0 radical (unpaired) electrons. The summed E-state index contributed by atoms with van der Waals surface area (Å²) in [7, 11) is 0. The van der Waals surface area contributed by atoms with Crippen LogP contribution in [-0.2, 0) is 4.74 Å². The van der Waals surface area contributed by atoms with Gasteiger partial charge in [-0.3, -0.25) is 4.90 Å². The second-order valence-corrected chi connectivity index (χ2v) is 3.83. The van der Waals surface area contributed by atoms with Crippen LogP contribution in [0.3, 0.4) is 0 Å². The van der Waals surface area contributed by atoms with E-state index >= 15 is 0 Å². The summed E-state index contributed by atoms with van der Waals surface area (Å²) in [6.07, 6.45) is 1.08. The van der Waals surface area contributed by atoms with Crippen LogP contribution in [0.1, 0.15) is 6.42 Å². The quantitative estimate of drug-likeness (QED) is 0.687. The molecule has 2 rings (SSSR count). The van der Waals surface area contributed by atoms with E-state index in [1.165, 1.54) is 0 Å². The first-order chi connectivity index (χ1) is 6.11. The van der Waals surface area contributed by atoms with Crippen molar-refractivity contribution < 1.29 is 13.5 Å². The Labute approximate surface area is 75.8 Å². The molecule has 0 amide bonds. The van der Waals surface area contributed by atoms with Crippen molar-refractivity contribution in [1.29, 1.82) is 0 Å². The topological polar surface area (TPSA) is 38.5 Å². The van der Waals surface area contributed by atoms with Gasteiger partial charge in [0.15, 0.2) is 0 Å². The average Bonchev–Trinajstić information content (AvgIpc) is 2.64. The molecule has 2 saturated heterocycles. The third kappa shape index (κ3) is 1.82. The second-order valence-electron chi connectivity index (χ2n) is 3.83. The number of nitrogens with zero attached hydrogens (tertiary/aromatic N) is 1. The van der Waals surface area contributed by atoms with Crippen LogP contribution in [0, 0.1) is 0 Å². The first kappa shape index (κ1) is 9.30. The fraction of sp³-hybridized carbons (Fsp3) is 1.00. The first-order valence-electron chi connectivity index (χ1n) is 4.54. The highest BCUT2D eigenvalue weighted by Crippen LogP contribution is 2.29. The zero-order valence-electron chi connectivity index (χ0n) is 7.38. The molecule has 0 aromatic carbocycles. The summed E-state index contributed by atoms with van der Waals surface area (Å²) in [6, 6.07) is 0.197. The fourth-order valence-corrected chi connectivity index (χ4v) is 2.03. The van der Waals surface area contributed by atoms with Crippen LogP contribution in [-0.4, -0.2) is 49.2 Å². The Kier molecular flexibility index (Phi) is 2.25. The summed E-state index contributed by atoms with van der Waals surface area (Å²) < 4.78 is 31.2. The van der Waals surface area contributed by atoms with Crippen molar-refractivity contribution in [2.24, 2.45) is 5.73 Å². The van der Waals surface area contributed by atoms with E-state index in [0.717, 1.165) is 6.42 Å². The highest BCUT2D eigenvalue weighted by atomic mass is 19.3. The van der Waals surface area contributed by atoms with Gasteiger partial charge in [-0.25, -0.2) is 8.78 Å². The van der Waals surface area contributed by atoms with Crippen molar-refractivity contribution in [3.63, 3.8) is 0 Å². The van der Waals surface area contributed by atoms with E-state index in [-0.39, 0.29) is 18.7 Å². The van der Waals surface area contributed by atoms with Crippen LogP contribution in [0.15, 0.2) is 0 Å². The number of fused-ring (bicyclic) bond motifs is 2. The number of likely N-dealkylation sites (tertiary alicyclic amines) is 1. The van der Waals surface area contributed by atoms with Gasteiger partial charge in [-0.05, 0) is 6.42 Å². The summed E-state index contributed by atoms with van der Waals surface area (Å²) in [4.78, 5) is 1.79. The standard InChI is InChI=1S/C8H14F2N2O/c9-8(10,4-11)5-12-2-7-1-6(12)3-13-7/h6-7H,1-5,11H2/t6-,7-/m0/s1. The zero-order chi connectivity index (χ0) is 9.47. The summed E-state index contributed by atoms with van der Waals surface area (Å²) in [5, 5.41) is 0. The van der Waals surface area contributed by atoms with E-state index < -0.39 is 12.5 Å². The molecular weight excluding hydrogens is 178 g/mol. The van der Waals surface area contributed by atoms with Gasteiger partial charge < -0.3 is 10.5 Å². The maximum absolute atomic E-state index is 12.9. The SMILES string of the molecule is NCC(F)(F)CN1C[C@@H]2C[C@H]1CO2. The van der Waals surface area contributed by atoms with Crippen molar-refractivity contribution >= 4 is 0 Å². The summed E-state index contributed by atoms with van der Waals surface area (Å²) >= 11 is 0. The maximum atomic E-state index is 12.9. The molecule has 2 aliphatic rings. The molecule has 2 aliphatic heterocycles. The molecule has 0 spiro atoms. The Morgan fingerprint density at radius 1 is 1.54 bits per heavy atom. The number of morpholine rings is 1. The third-order valence-corrected chi connectivity index (χ3v) is 2.75. The van der Waals surface area contributed by atoms with Gasteiger partial charge in [0.25, 0.3) is 5.92 Å². The van der Waals surface area contributed by atoms with Gasteiger partial charge in [-0.2, -0.15) is 0 Å². The molecule has 0 aromatic heterocycles. The minimum atomic E-state index is -2.75. The highest BCUT2D eigenvalue weighted by molar-refractivity contribution is 4.93. The van der Waals surface area contributed by atoms with Crippen molar-refractivity contribution in [3.8, 4) is 0 Å². The van der Waals surface area contributed by atoms with Gasteiger partial charge in [-0.15, -0.1) is 0 Å². The van der Waals surface area contributed by atoms with Gasteiger partial charge in [0.2, 0.25) is 0 Å². The largest absolute Gasteiger partial charge is 0.375 e. The molecule has 2 atom stereocenters. The van der Waals surface area contributed by atoms with Crippen LogP contribution in [0.4, 0.5) is 8.78 Å². The number of rotatable bonds is 3. The van der Waals surface area contributed by atoms with Gasteiger partial charge in [-0.1, -0.05) is 0 Å². The number of halogens is 2. The molecule has 2 N–H and O–H groups in total. The van der Waals surface area contributed by atoms with Crippen LogP contribution >= 0.6 is 0 Å². The Bertz CT molecular complexity index is 201. The van der Waals surface area contributed by atoms with E-state index in [0.29, 0.717) is 13.2 Å². The molecule has 2 fully saturated rings. The molecule has 2 bridgehead atoms. The molecule has 13 heavy (non-hydrogen) atoms. The predicted octanol–water partition coefficient (Wildman–Crippen LogP) is 0.0535. The van der Waals surface area contributed by atoms with Gasteiger partial charge in [0.1, 0.15) is 0 Å². The van der Waals surface area contributed by atoms with Crippen molar-refractivity contribution in [3.05, 3.63) is 0 Å². The predicted molar refractivity (Wildman–Crippen MR) is 43.7 cm³/mol. The highest BCUT2D eigenvalue weighted by Gasteiger charge is 2.43. The monoisotopic (exact) mass is 192 g/mol. The van der Waals surface area contributed by atoms with Crippen LogP contribution in [0.5, 0.6) is 0 Å². The minimum Gasteiger partial charge on any atom is -0.375 e. The number of alkyl halides is 2. The van der Waals surface area contributed by atoms with E-state index in [1.54, 1.807) is 4.90 Å². The van der Waals surface area contributed by atoms with Crippen LogP contribution in [0.2, 0.25) is 0 Å². The molecule has 3 nitrogen and oxygen atoms in total. The normalized spacial score (nSPS) is 34.4. The van der Waals surface area contributed by atoms with E-state index in [9.17, 15) is 8.78 Å². The van der Waals surface area contributed by atoms with Crippen molar-refractivity contribution in [1.82, 2.24) is 4.90 Å². The molecular formula is C8H14F2N2O. The van der Waals surface area contributed by atoms with Gasteiger partial charge in [0, 0.05) is 12.6 Å². The smallest absolute Gasteiger partial charge is 0.272 e. The number of nitrogens with two attached hydrogens (primary N) is 1. The lowest BCUT2D eigenvalue weighted by Crippen LogP contribution is -2.46. The lowest BCUT2D eigenvalue weighted by Gasteiger charge is -2.29. The summed E-state index contributed by atoms with van der Waals surface area (Å²) in [6.45, 7) is 0.460. The molecule has 0 saturated carbocycles. The van der Waals surface area contributed by atoms with Crippen LogP contribution < -0.4 is 5.73 Å². The minimum absolute atomic E-state index is 0.179. The summed E-state index contributed by atoms with van der Waals surface area (Å²) in [5.74, 6) is -2.75. The third-order valence-electron chi connectivity index (χ3n) is 2.75. The van der Waals surface area contributed by atoms with Gasteiger partial charge >= 0.3 is 0 Å². The molecule has 76 valence electrons. The van der Waals surface area contributed by atoms with E-state index in [1.807, 2.05) is 0 Å². The zero-order valence-corrected chi connectivity index (χ0v) is 7.38. The van der Waals surface area contributed by atoms with Crippen LogP contribution in [0.25, 0.3) is 0 Å². The maximum Gasteiger partial charge on any atom is 0.272 e. The van der Waals surface area contributed by atoms with E-state index in [4.69, 9.17) is 10.5 Å². The lowest BCUT2D eigenvalue weighted by molar-refractivity contribution is -0.0521. The molecule has 2 heterocycles.